The standard InChI is InChI=1S/C16H25NO/c1-4-13-5-8-15(11-13)17-12(2)14-6-9-16(18-3)10-7-14/h6-7,9-10,12-13,15,17H,4-5,8,11H2,1-3H3. The van der Waals surface area contributed by atoms with Crippen LogP contribution in [0.3, 0.4) is 0 Å². The van der Waals surface area contributed by atoms with E-state index in [2.05, 4.69) is 31.3 Å². The second-order valence-electron chi connectivity index (χ2n) is 5.45. The Morgan fingerprint density at radius 1 is 1.28 bits per heavy atom. The highest BCUT2D eigenvalue weighted by molar-refractivity contribution is 5.28. The molecule has 0 radical (unpaired) electrons. The van der Waals surface area contributed by atoms with Crippen LogP contribution in [0.4, 0.5) is 0 Å². The molecule has 2 rings (SSSR count). The van der Waals surface area contributed by atoms with Crippen LogP contribution in [0.5, 0.6) is 5.75 Å². The van der Waals surface area contributed by atoms with E-state index in [1.165, 1.54) is 31.2 Å². The summed E-state index contributed by atoms with van der Waals surface area (Å²) in [5, 5.41) is 3.76. The summed E-state index contributed by atoms with van der Waals surface area (Å²) < 4.78 is 5.19. The third-order valence-corrected chi connectivity index (χ3v) is 4.22. The van der Waals surface area contributed by atoms with Crippen molar-refractivity contribution in [2.75, 3.05) is 7.11 Å². The molecule has 2 heteroatoms. The van der Waals surface area contributed by atoms with Crippen LogP contribution in [0.15, 0.2) is 24.3 Å². The maximum atomic E-state index is 5.19. The monoisotopic (exact) mass is 247 g/mol. The Balaban J connectivity index is 1.89. The molecule has 1 aromatic rings. The van der Waals surface area contributed by atoms with Crippen LogP contribution in [0.25, 0.3) is 0 Å². The lowest BCUT2D eigenvalue weighted by Gasteiger charge is -2.20. The number of hydrogen-bond donors (Lipinski definition) is 1. The maximum Gasteiger partial charge on any atom is 0.118 e. The Morgan fingerprint density at radius 2 is 2.00 bits per heavy atom. The molecule has 1 aliphatic rings. The fraction of sp³-hybridized carbons (Fsp3) is 0.625. The van der Waals surface area contributed by atoms with E-state index in [1.54, 1.807) is 7.11 Å². The lowest BCUT2D eigenvalue weighted by atomic mass is 10.0. The SMILES string of the molecule is CCC1CCC(NC(C)c2ccc(OC)cc2)C1. The fourth-order valence-electron chi connectivity index (χ4n) is 2.94. The summed E-state index contributed by atoms with van der Waals surface area (Å²) >= 11 is 0. The van der Waals surface area contributed by atoms with Gasteiger partial charge >= 0.3 is 0 Å². The zero-order valence-electron chi connectivity index (χ0n) is 11.8. The third-order valence-electron chi connectivity index (χ3n) is 4.22. The zero-order chi connectivity index (χ0) is 13.0. The average molecular weight is 247 g/mol. The first-order chi connectivity index (χ1) is 8.72. The number of benzene rings is 1. The van der Waals surface area contributed by atoms with Gasteiger partial charge in [0.25, 0.3) is 0 Å². The van der Waals surface area contributed by atoms with E-state index in [-0.39, 0.29) is 0 Å². The van der Waals surface area contributed by atoms with Gasteiger partial charge in [0.1, 0.15) is 5.75 Å². The van der Waals surface area contributed by atoms with Crippen molar-refractivity contribution in [3.8, 4) is 5.75 Å². The Kier molecular flexibility index (Phi) is 4.65. The molecule has 0 aliphatic heterocycles. The maximum absolute atomic E-state index is 5.19. The van der Waals surface area contributed by atoms with Crippen molar-refractivity contribution in [1.82, 2.24) is 5.32 Å². The van der Waals surface area contributed by atoms with Crippen molar-refractivity contribution < 1.29 is 4.74 Å². The van der Waals surface area contributed by atoms with E-state index in [0.717, 1.165) is 11.7 Å². The predicted molar refractivity (Wildman–Crippen MR) is 76.0 cm³/mol. The highest BCUT2D eigenvalue weighted by atomic mass is 16.5. The van der Waals surface area contributed by atoms with E-state index >= 15 is 0 Å². The zero-order valence-corrected chi connectivity index (χ0v) is 11.8. The molecule has 0 aromatic heterocycles. The van der Waals surface area contributed by atoms with Crippen LogP contribution >= 0.6 is 0 Å². The average Bonchev–Trinajstić information content (AvgIpc) is 2.86. The second-order valence-corrected chi connectivity index (χ2v) is 5.45. The predicted octanol–water partition coefficient (Wildman–Crippen LogP) is 3.92. The van der Waals surface area contributed by atoms with Gasteiger partial charge in [0.15, 0.2) is 0 Å². The van der Waals surface area contributed by atoms with Gasteiger partial charge in [-0.2, -0.15) is 0 Å². The number of ether oxygens (including phenoxy) is 1. The largest absolute Gasteiger partial charge is 0.497 e. The number of nitrogens with one attached hydrogen (secondary N) is 1. The molecule has 2 nitrogen and oxygen atoms in total. The number of rotatable bonds is 5. The third kappa shape index (κ3) is 3.26. The highest BCUT2D eigenvalue weighted by Crippen LogP contribution is 2.29. The molecule has 18 heavy (non-hydrogen) atoms. The molecule has 0 heterocycles. The van der Waals surface area contributed by atoms with Crippen molar-refractivity contribution in [2.24, 2.45) is 5.92 Å². The van der Waals surface area contributed by atoms with E-state index in [0.29, 0.717) is 12.1 Å². The Labute approximate surface area is 111 Å². The van der Waals surface area contributed by atoms with Crippen molar-refractivity contribution in [3.63, 3.8) is 0 Å². The summed E-state index contributed by atoms with van der Waals surface area (Å²) in [6.45, 7) is 4.56. The molecule has 1 aromatic carbocycles. The van der Waals surface area contributed by atoms with Crippen LogP contribution < -0.4 is 10.1 Å². The number of hydrogen-bond acceptors (Lipinski definition) is 2. The smallest absolute Gasteiger partial charge is 0.118 e. The summed E-state index contributed by atoms with van der Waals surface area (Å²) in [5.74, 6) is 1.86. The molecule has 0 bridgehead atoms. The van der Waals surface area contributed by atoms with Gasteiger partial charge in [0.05, 0.1) is 7.11 Å². The van der Waals surface area contributed by atoms with Gasteiger partial charge in [-0.3, -0.25) is 0 Å². The van der Waals surface area contributed by atoms with Gasteiger partial charge in [-0.1, -0.05) is 25.5 Å². The van der Waals surface area contributed by atoms with E-state index in [1.807, 2.05) is 12.1 Å². The van der Waals surface area contributed by atoms with Gasteiger partial charge < -0.3 is 10.1 Å². The minimum Gasteiger partial charge on any atom is -0.497 e. The number of methoxy groups -OCH3 is 1. The van der Waals surface area contributed by atoms with Crippen LogP contribution in [-0.4, -0.2) is 13.2 Å². The summed E-state index contributed by atoms with van der Waals surface area (Å²) in [6.07, 6.45) is 5.40. The van der Waals surface area contributed by atoms with Crippen molar-refractivity contribution in [2.45, 2.75) is 51.6 Å². The first-order valence-electron chi connectivity index (χ1n) is 7.13. The molecule has 100 valence electrons. The van der Waals surface area contributed by atoms with Gasteiger partial charge in [-0.25, -0.2) is 0 Å². The lowest BCUT2D eigenvalue weighted by Crippen LogP contribution is -2.29. The minimum atomic E-state index is 0.427. The molecule has 1 fully saturated rings. The van der Waals surface area contributed by atoms with Crippen LogP contribution in [0.1, 0.15) is 51.1 Å². The normalized spacial score (nSPS) is 25.1. The van der Waals surface area contributed by atoms with E-state index in [9.17, 15) is 0 Å². The summed E-state index contributed by atoms with van der Waals surface area (Å²) in [5.41, 5.74) is 1.34. The Hall–Kier alpha value is -1.02. The molecule has 3 atom stereocenters. The molecule has 1 aliphatic carbocycles. The molecule has 1 saturated carbocycles. The van der Waals surface area contributed by atoms with E-state index in [4.69, 9.17) is 4.74 Å². The molecule has 0 saturated heterocycles. The van der Waals surface area contributed by atoms with Crippen molar-refractivity contribution in [3.05, 3.63) is 29.8 Å². The Morgan fingerprint density at radius 3 is 2.56 bits per heavy atom. The first-order valence-corrected chi connectivity index (χ1v) is 7.13. The van der Waals surface area contributed by atoms with Crippen LogP contribution in [0, 0.1) is 5.92 Å². The molecule has 1 N–H and O–H groups in total. The van der Waals surface area contributed by atoms with Crippen molar-refractivity contribution in [1.29, 1.82) is 0 Å². The molecular formula is C16H25NO. The van der Waals surface area contributed by atoms with Crippen molar-refractivity contribution >= 4 is 0 Å². The van der Waals surface area contributed by atoms with Gasteiger partial charge in [0.2, 0.25) is 0 Å². The van der Waals surface area contributed by atoms with Gasteiger partial charge in [-0.05, 0) is 49.8 Å². The van der Waals surface area contributed by atoms with Gasteiger partial charge in [0, 0.05) is 12.1 Å². The van der Waals surface area contributed by atoms with E-state index < -0.39 is 0 Å². The highest BCUT2D eigenvalue weighted by Gasteiger charge is 2.24. The summed E-state index contributed by atoms with van der Waals surface area (Å²) in [7, 11) is 1.71. The first kappa shape index (κ1) is 13.4. The quantitative estimate of drug-likeness (QED) is 0.851. The minimum absolute atomic E-state index is 0.427. The second kappa shape index (κ2) is 6.24. The fourth-order valence-corrected chi connectivity index (χ4v) is 2.94. The van der Waals surface area contributed by atoms with Gasteiger partial charge in [-0.15, -0.1) is 0 Å². The van der Waals surface area contributed by atoms with Crippen LogP contribution in [-0.2, 0) is 0 Å². The molecular weight excluding hydrogens is 222 g/mol. The molecule has 0 amide bonds. The van der Waals surface area contributed by atoms with Crippen LogP contribution in [0.2, 0.25) is 0 Å². The molecule has 0 spiro atoms. The summed E-state index contributed by atoms with van der Waals surface area (Å²) in [6, 6.07) is 9.52. The lowest BCUT2D eigenvalue weighted by molar-refractivity contribution is 0.413. The Bertz CT molecular complexity index is 360. The topological polar surface area (TPSA) is 21.3 Å². The molecule has 3 unspecified atom stereocenters. The summed E-state index contributed by atoms with van der Waals surface area (Å²) in [4.78, 5) is 0.